The van der Waals surface area contributed by atoms with Gasteiger partial charge in [0, 0.05) is 32.1 Å². The lowest BCUT2D eigenvalue weighted by atomic mass is 9.84. The first-order valence-electron chi connectivity index (χ1n) is 9.81. The predicted molar refractivity (Wildman–Crippen MR) is 99.8 cm³/mol. The van der Waals surface area contributed by atoms with Crippen LogP contribution in [0.5, 0.6) is 5.75 Å². The fourth-order valence-electron chi connectivity index (χ4n) is 4.06. The third-order valence-electron chi connectivity index (χ3n) is 5.55. The molecule has 1 aromatic rings. The summed E-state index contributed by atoms with van der Waals surface area (Å²) in [4.78, 5) is 28.4. The minimum atomic E-state index is -4.80. The number of likely N-dealkylation sites (tertiary alicyclic amines) is 2. The summed E-state index contributed by atoms with van der Waals surface area (Å²) in [5.41, 5.74) is 0.553. The number of carbonyl (C=O) groups is 2. The molecule has 0 saturated carbocycles. The number of aliphatic hydroxyl groups is 1. The zero-order valence-corrected chi connectivity index (χ0v) is 16.6. The summed E-state index contributed by atoms with van der Waals surface area (Å²) in [5, 5.41) is 9.66. The Morgan fingerprint density at radius 1 is 1.13 bits per heavy atom. The molecule has 7 nitrogen and oxygen atoms in total. The molecule has 0 aromatic heterocycles. The Morgan fingerprint density at radius 2 is 1.83 bits per heavy atom. The van der Waals surface area contributed by atoms with Crippen molar-refractivity contribution in [3.05, 3.63) is 29.8 Å². The van der Waals surface area contributed by atoms with Gasteiger partial charge in [-0.05, 0) is 37.0 Å². The van der Waals surface area contributed by atoms with Crippen LogP contribution in [0.3, 0.4) is 0 Å². The molecule has 0 bridgehead atoms. The second-order valence-corrected chi connectivity index (χ2v) is 7.68. The zero-order chi connectivity index (χ0) is 21.9. The highest BCUT2D eigenvalue weighted by Gasteiger charge is 2.38. The third-order valence-corrected chi connectivity index (χ3v) is 5.55. The minimum absolute atomic E-state index is 0.180. The number of nitrogens with zero attached hydrogens (tertiary/aromatic N) is 2. The molecule has 10 heteroatoms. The number of urea groups is 1. The summed E-state index contributed by atoms with van der Waals surface area (Å²) in [6.45, 7) is 1.28. The number of rotatable bonds is 3. The Labute approximate surface area is 172 Å². The lowest BCUT2D eigenvalue weighted by molar-refractivity contribution is -0.274. The van der Waals surface area contributed by atoms with Crippen LogP contribution >= 0.6 is 0 Å². The highest BCUT2D eigenvalue weighted by Crippen LogP contribution is 2.34. The lowest BCUT2D eigenvalue weighted by Crippen LogP contribution is -2.52. The molecule has 2 heterocycles. The number of ether oxygens (including phenoxy) is 2. The molecule has 3 rings (SSSR count). The molecule has 2 aliphatic heterocycles. The van der Waals surface area contributed by atoms with Gasteiger partial charge in [-0.15, -0.1) is 13.2 Å². The van der Waals surface area contributed by atoms with E-state index in [0.29, 0.717) is 37.9 Å². The zero-order valence-electron chi connectivity index (χ0n) is 16.6. The summed E-state index contributed by atoms with van der Waals surface area (Å²) < 4.78 is 46.6. The Morgan fingerprint density at radius 3 is 2.47 bits per heavy atom. The summed E-state index contributed by atoms with van der Waals surface area (Å²) in [5.74, 6) is -1.74. The second kappa shape index (κ2) is 9.11. The van der Waals surface area contributed by atoms with Gasteiger partial charge in [-0.1, -0.05) is 12.1 Å². The van der Waals surface area contributed by atoms with Gasteiger partial charge in [-0.25, -0.2) is 4.79 Å². The van der Waals surface area contributed by atoms with E-state index in [1.165, 1.54) is 25.3 Å². The van der Waals surface area contributed by atoms with Crippen LogP contribution in [0, 0.1) is 5.92 Å². The number of piperidine rings is 2. The molecule has 1 aromatic carbocycles. The van der Waals surface area contributed by atoms with Crippen molar-refractivity contribution in [1.82, 2.24) is 9.80 Å². The van der Waals surface area contributed by atoms with Crippen LogP contribution < -0.4 is 4.74 Å². The summed E-state index contributed by atoms with van der Waals surface area (Å²) in [6.07, 6.45) is -3.91. The van der Waals surface area contributed by atoms with Crippen LogP contribution in [0.4, 0.5) is 18.0 Å². The molecule has 0 spiro atoms. The first-order chi connectivity index (χ1) is 14.2. The first kappa shape index (κ1) is 22.2. The van der Waals surface area contributed by atoms with Gasteiger partial charge in [0.05, 0.1) is 19.1 Å². The van der Waals surface area contributed by atoms with Crippen molar-refractivity contribution in [2.24, 2.45) is 5.92 Å². The van der Waals surface area contributed by atoms with Gasteiger partial charge in [0.15, 0.2) is 0 Å². The molecule has 166 valence electrons. The monoisotopic (exact) mass is 430 g/mol. The van der Waals surface area contributed by atoms with Gasteiger partial charge in [0.2, 0.25) is 0 Å². The highest BCUT2D eigenvalue weighted by atomic mass is 19.4. The average molecular weight is 430 g/mol. The number of halogens is 3. The van der Waals surface area contributed by atoms with E-state index in [0.717, 1.165) is 0 Å². The summed E-state index contributed by atoms with van der Waals surface area (Å²) in [7, 11) is 1.27. The van der Waals surface area contributed by atoms with E-state index in [9.17, 15) is 27.9 Å². The van der Waals surface area contributed by atoms with Gasteiger partial charge >= 0.3 is 18.4 Å². The molecule has 2 aliphatic rings. The minimum Gasteiger partial charge on any atom is -0.469 e. The number of carbonyl (C=O) groups excluding carboxylic acids is 2. The molecule has 0 radical (unpaired) electrons. The van der Waals surface area contributed by atoms with Gasteiger partial charge in [0.1, 0.15) is 5.75 Å². The number of hydrogen-bond acceptors (Lipinski definition) is 5. The Bertz CT molecular complexity index is 765. The van der Waals surface area contributed by atoms with E-state index >= 15 is 0 Å². The van der Waals surface area contributed by atoms with Gasteiger partial charge in [-0.2, -0.15) is 0 Å². The molecule has 2 amide bonds. The molecular formula is C20H25F3N2O5. The van der Waals surface area contributed by atoms with Crippen molar-refractivity contribution in [2.75, 3.05) is 33.3 Å². The highest BCUT2D eigenvalue weighted by molar-refractivity contribution is 5.77. The Hall–Kier alpha value is -2.49. The summed E-state index contributed by atoms with van der Waals surface area (Å²) in [6, 6.07) is 5.37. The Balaban J connectivity index is 1.79. The van der Waals surface area contributed by atoms with Crippen molar-refractivity contribution in [3.63, 3.8) is 0 Å². The quantitative estimate of drug-likeness (QED) is 0.746. The largest absolute Gasteiger partial charge is 0.573 e. The molecular weight excluding hydrogens is 405 g/mol. The molecule has 1 N–H and O–H groups in total. The smallest absolute Gasteiger partial charge is 0.469 e. The van der Waals surface area contributed by atoms with Gasteiger partial charge < -0.3 is 24.4 Å². The van der Waals surface area contributed by atoms with Crippen LogP contribution in [0.2, 0.25) is 0 Å². The van der Waals surface area contributed by atoms with Crippen molar-refractivity contribution >= 4 is 12.0 Å². The summed E-state index contributed by atoms with van der Waals surface area (Å²) >= 11 is 0. The maximum absolute atomic E-state index is 13.0. The topological polar surface area (TPSA) is 79.3 Å². The maximum atomic E-state index is 13.0. The number of aliphatic hydroxyl groups excluding tert-OH is 1. The maximum Gasteiger partial charge on any atom is 0.573 e. The van der Waals surface area contributed by atoms with E-state index in [1.54, 1.807) is 15.9 Å². The number of amides is 2. The normalized spacial score (nSPS) is 23.2. The molecule has 0 aliphatic carbocycles. The van der Waals surface area contributed by atoms with Crippen molar-refractivity contribution in [1.29, 1.82) is 0 Å². The number of alkyl halides is 3. The molecule has 2 unspecified atom stereocenters. The lowest BCUT2D eigenvalue weighted by Gasteiger charge is -2.40. The number of methoxy groups -OCH3 is 1. The van der Waals surface area contributed by atoms with Gasteiger partial charge in [0.25, 0.3) is 0 Å². The van der Waals surface area contributed by atoms with Crippen LogP contribution in [-0.2, 0) is 9.53 Å². The standard InChI is InChI=1S/C20H25F3N2O5/c1-29-18(27)15-9-14(13-3-2-4-17(10-13)30-20(21,22)23)11-25(12-15)19(28)24-7-5-16(26)6-8-24/h2-4,10,14-16,26H,5-9,11-12H2,1H3. The second-order valence-electron chi connectivity index (χ2n) is 7.68. The van der Waals surface area contributed by atoms with Crippen molar-refractivity contribution < 1.29 is 37.3 Å². The average Bonchev–Trinajstić information content (AvgIpc) is 2.72. The molecule has 30 heavy (non-hydrogen) atoms. The van der Waals surface area contributed by atoms with Crippen LogP contribution in [0.1, 0.15) is 30.7 Å². The third kappa shape index (κ3) is 5.56. The molecule has 2 fully saturated rings. The van der Waals surface area contributed by atoms with E-state index < -0.39 is 24.4 Å². The fraction of sp³-hybridized carbons (Fsp3) is 0.600. The van der Waals surface area contributed by atoms with E-state index in [-0.39, 0.29) is 30.8 Å². The molecule has 2 saturated heterocycles. The van der Waals surface area contributed by atoms with Gasteiger partial charge in [-0.3, -0.25) is 4.79 Å². The molecule has 2 atom stereocenters. The fourth-order valence-corrected chi connectivity index (χ4v) is 4.06. The number of esters is 1. The predicted octanol–water partition coefficient (Wildman–Crippen LogP) is 2.74. The number of benzene rings is 1. The van der Waals surface area contributed by atoms with Crippen molar-refractivity contribution in [2.45, 2.75) is 37.6 Å². The first-order valence-corrected chi connectivity index (χ1v) is 9.81. The van der Waals surface area contributed by atoms with Crippen LogP contribution in [0.25, 0.3) is 0 Å². The van der Waals surface area contributed by atoms with E-state index in [2.05, 4.69) is 4.74 Å². The Kier molecular flexibility index (Phi) is 6.74. The SMILES string of the molecule is COC(=O)C1CC(c2cccc(OC(F)(F)F)c2)CN(C(=O)N2CCC(O)CC2)C1. The van der Waals surface area contributed by atoms with Crippen LogP contribution in [0.15, 0.2) is 24.3 Å². The van der Waals surface area contributed by atoms with E-state index in [4.69, 9.17) is 4.74 Å². The number of hydrogen-bond donors (Lipinski definition) is 1. The van der Waals surface area contributed by atoms with Crippen LogP contribution in [-0.4, -0.2) is 72.7 Å². The van der Waals surface area contributed by atoms with Crippen molar-refractivity contribution in [3.8, 4) is 5.75 Å². The van der Waals surface area contributed by atoms with E-state index in [1.807, 2.05) is 0 Å².